The van der Waals surface area contributed by atoms with E-state index in [1.165, 1.54) is 51.4 Å². The van der Waals surface area contributed by atoms with Crippen LogP contribution in [0.3, 0.4) is 0 Å². The van der Waals surface area contributed by atoms with Gasteiger partial charge in [-0.2, -0.15) is 0 Å². The molecule has 3 fully saturated rings. The highest BCUT2D eigenvalue weighted by molar-refractivity contribution is 5.25. The van der Waals surface area contributed by atoms with Gasteiger partial charge in [0.25, 0.3) is 0 Å². The number of aliphatic hydroxyl groups is 1. The maximum atomic E-state index is 10.1. The summed E-state index contributed by atoms with van der Waals surface area (Å²) < 4.78 is 0. The molecule has 3 saturated carbocycles. The molecule has 0 saturated heterocycles. The maximum Gasteiger partial charge on any atom is 0.0487 e. The Hall–Kier alpha value is -0.300. The molecule has 1 nitrogen and oxygen atoms in total. The topological polar surface area (TPSA) is 20.2 Å². The molecule has 6 atom stereocenters. The Bertz CT molecular complexity index is 480. The molecule has 21 heavy (non-hydrogen) atoms. The molecule has 4 rings (SSSR count). The summed E-state index contributed by atoms with van der Waals surface area (Å²) in [5.41, 5.74) is 2.91. The van der Waals surface area contributed by atoms with Gasteiger partial charge in [0.05, 0.1) is 0 Å². The minimum Gasteiger partial charge on any atom is -0.396 e. The Kier molecular flexibility index (Phi) is 2.98. The van der Waals surface area contributed by atoms with Crippen LogP contribution >= 0.6 is 0 Å². The third-order valence-corrected chi connectivity index (χ3v) is 8.69. The first-order valence-corrected chi connectivity index (χ1v) is 9.24. The van der Waals surface area contributed by atoms with Crippen molar-refractivity contribution in [2.75, 3.05) is 6.61 Å². The van der Waals surface area contributed by atoms with Crippen molar-refractivity contribution in [3.8, 4) is 0 Å². The van der Waals surface area contributed by atoms with Crippen LogP contribution in [-0.4, -0.2) is 11.7 Å². The molecule has 0 amide bonds. The van der Waals surface area contributed by atoms with E-state index in [0.717, 1.165) is 17.8 Å². The number of allylic oxidation sites excluding steroid dienone is 2. The second-order valence-corrected chi connectivity index (χ2v) is 9.33. The van der Waals surface area contributed by atoms with Gasteiger partial charge in [-0.25, -0.2) is 0 Å². The Balaban J connectivity index is 1.80. The van der Waals surface area contributed by atoms with E-state index >= 15 is 0 Å². The molecule has 0 aromatic carbocycles. The number of fused-ring (bicyclic) bond motifs is 2. The minimum atomic E-state index is 0.182. The molecule has 0 aromatic rings. The van der Waals surface area contributed by atoms with Crippen LogP contribution in [0.25, 0.3) is 0 Å². The van der Waals surface area contributed by atoms with Gasteiger partial charge in [0.15, 0.2) is 0 Å². The van der Waals surface area contributed by atoms with Crippen LogP contribution < -0.4 is 0 Å². The average molecular weight is 288 g/mol. The lowest BCUT2D eigenvalue weighted by Crippen LogP contribution is -2.59. The van der Waals surface area contributed by atoms with Gasteiger partial charge in [-0.3, -0.25) is 0 Å². The predicted molar refractivity (Wildman–Crippen MR) is 86.9 cm³/mol. The van der Waals surface area contributed by atoms with Gasteiger partial charge < -0.3 is 5.11 Å². The van der Waals surface area contributed by atoms with Gasteiger partial charge >= 0.3 is 0 Å². The fourth-order valence-corrected chi connectivity index (χ4v) is 7.49. The van der Waals surface area contributed by atoms with Crippen molar-refractivity contribution in [2.45, 2.75) is 72.1 Å². The first-order valence-electron chi connectivity index (χ1n) is 9.24. The molecule has 0 aromatic heterocycles. The zero-order valence-electron chi connectivity index (χ0n) is 14.1. The summed E-state index contributed by atoms with van der Waals surface area (Å²) in [4.78, 5) is 0. The van der Waals surface area contributed by atoms with Crippen LogP contribution in [0, 0.1) is 34.0 Å². The molecule has 0 unspecified atom stereocenters. The lowest BCUT2D eigenvalue weighted by molar-refractivity contribution is -0.165. The highest BCUT2D eigenvalue weighted by Crippen LogP contribution is 2.73. The van der Waals surface area contributed by atoms with Crippen molar-refractivity contribution in [1.29, 1.82) is 0 Å². The van der Waals surface area contributed by atoms with Crippen molar-refractivity contribution in [1.82, 2.24) is 0 Å². The lowest BCUT2D eigenvalue weighted by atomic mass is 9.39. The van der Waals surface area contributed by atoms with Crippen LogP contribution in [0.2, 0.25) is 0 Å². The molecule has 0 radical (unpaired) electrons. The largest absolute Gasteiger partial charge is 0.396 e. The molecule has 4 aliphatic carbocycles. The van der Waals surface area contributed by atoms with Crippen LogP contribution in [-0.2, 0) is 0 Å². The Morgan fingerprint density at radius 1 is 1.14 bits per heavy atom. The zero-order valence-corrected chi connectivity index (χ0v) is 14.1. The second kappa shape index (κ2) is 4.37. The zero-order chi connectivity index (χ0) is 14.9. The molecule has 0 heterocycles. The quantitative estimate of drug-likeness (QED) is 0.677. The van der Waals surface area contributed by atoms with E-state index in [4.69, 9.17) is 0 Å². The fourth-order valence-electron chi connectivity index (χ4n) is 7.49. The van der Waals surface area contributed by atoms with Crippen molar-refractivity contribution in [2.24, 2.45) is 34.0 Å². The van der Waals surface area contributed by atoms with Crippen molar-refractivity contribution < 1.29 is 5.11 Å². The smallest absolute Gasteiger partial charge is 0.0487 e. The van der Waals surface area contributed by atoms with Gasteiger partial charge in [-0.1, -0.05) is 31.9 Å². The van der Waals surface area contributed by atoms with E-state index in [0.29, 0.717) is 17.4 Å². The molecular formula is C20H32O. The summed E-state index contributed by atoms with van der Waals surface area (Å²) in [7, 11) is 0. The molecule has 2 bridgehead atoms. The van der Waals surface area contributed by atoms with Crippen molar-refractivity contribution in [3.05, 3.63) is 11.6 Å². The normalized spacial score (nSPS) is 55.6. The van der Waals surface area contributed by atoms with Crippen molar-refractivity contribution >= 4 is 0 Å². The molecule has 1 spiro atoms. The molecule has 1 heteroatoms. The number of aliphatic hydroxyl groups excluding tert-OH is 1. The lowest BCUT2D eigenvalue weighted by Gasteiger charge is -2.65. The SMILES string of the molecule is CC1=C[C@H]2CC[C@@H]3[C@](C)(CO)CCC[C@@]3(C)[C@]23CC[C@H]1C3. The van der Waals surface area contributed by atoms with Gasteiger partial charge in [0.1, 0.15) is 0 Å². The van der Waals surface area contributed by atoms with E-state index in [1.54, 1.807) is 5.57 Å². The first kappa shape index (κ1) is 14.3. The van der Waals surface area contributed by atoms with Gasteiger partial charge in [0.2, 0.25) is 0 Å². The third kappa shape index (κ3) is 1.62. The summed E-state index contributed by atoms with van der Waals surface area (Å²) in [6.45, 7) is 7.77. The average Bonchev–Trinajstić information content (AvgIpc) is 2.85. The Morgan fingerprint density at radius 2 is 1.95 bits per heavy atom. The van der Waals surface area contributed by atoms with Crippen LogP contribution in [0.4, 0.5) is 0 Å². The maximum absolute atomic E-state index is 10.1. The summed E-state index contributed by atoms with van der Waals surface area (Å²) >= 11 is 0. The van der Waals surface area contributed by atoms with E-state index in [1.807, 2.05) is 0 Å². The monoisotopic (exact) mass is 288 g/mol. The summed E-state index contributed by atoms with van der Waals surface area (Å²) in [6, 6.07) is 0. The first-order chi connectivity index (χ1) is 9.95. The van der Waals surface area contributed by atoms with E-state index in [9.17, 15) is 5.11 Å². The molecule has 118 valence electrons. The van der Waals surface area contributed by atoms with E-state index < -0.39 is 0 Å². The van der Waals surface area contributed by atoms with E-state index in [-0.39, 0.29) is 5.41 Å². The highest BCUT2D eigenvalue weighted by atomic mass is 16.3. The summed E-state index contributed by atoms with van der Waals surface area (Å²) in [6.07, 6.45) is 13.7. The Labute approximate surface area is 130 Å². The number of hydrogen-bond donors (Lipinski definition) is 1. The third-order valence-electron chi connectivity index (χ3n) is 8.69. The molecular weight excluding hydrogens is 256 g/mol. The van der Waals surface area contributed by atoms with Gasteiger partial charge in [-0.15, -0.1) is 0 Å². The summed E-state index contributed by atoms with van der Waals surface area (Å²) in [5, 5.41) is 10.1. The van der Waals surface area contributed by atoms with E-state index in [2.05, 4.69) is 26.8 Å². The van der Waals surface area contributed by atoms with Crippen LogP contribution in [0.15, 0.2) is 11.6 Å². The second-order valence-electron chi connectivity index (χ2n) is 9.33. The Morgan fingerprint density at radius 3 is 2.71 bits per heavy atom. The summed E-state index contributed by atoms with van der Waals surface area (Å²) in [5.74, 6) is 2.45. The van der Waals surface area contributed by atoms with Crippen LogP contribution in [0.1, 0.15) is 72.1 Å². The van der Waals surface area contributed by atoms with Crippen LogP contribution in [0.5, 0.6) is 0 Å². The fraction of sp³-hybridized carbons (Fsp3) is 0.900. The van der Waals surface area contributed by atoms with Gasteiger partial charge in [0, 0.05) is 6.61 Å². The molecule has 1 N–H and O–H groups in total. The minimum absolute atomic E-state index is 0.182. The predicted octanol–water partition coefficient (Wildman–Crippen LogP) is 4.95. The number of hydrogen-bond acceptors (Lipinski definition) is 1. The molecule has 4 aliphatic rings. The molecule has 0 aliphatic heterocycles. The number of rotatable bonds is 1. The van der Waals surface area contributed by atoms with Crippen molar-refractivity contribution in [3.63, 3.8) is 0 Å². The van der Waals surface area contributed by atoms with Gasteiger partial charge in [-0.05, 0) is 85.9 Å². The standard InChI is InChI=1S/C20H32O/c1-14-11-16-5-6-17-18(2,13-21)8-4-9-19(17,3)20(16)10-7-15(14)12-20/h11,15-17,21H,4-10,12-13H2,1-3H3/t15-,16+,17+,18-,19+,20-/m0/s1. The highest BCUT2D eigenvalue weighted by Gasteiger charge is 2.65.